The van der Waals surface area contributed by atoms with E-state index in [4.69, 9.17) is 0 Å². The summed E-state index contributed by atoms with van der Waals surface area (Å²) in [6, 6.07) is 0. The van der Waals surface area contributed by atoms with Gasteiger partial charge in [-0.2, -0.15) is 0 Å². The average molecular weight is 114 g/mol. The largest absolute Gasteiger partial charge is 0.0651 e. The molecule has 0 bridgehead atoms. The van der Waals surface area contributed by atoms with Crippen molar-refractivity contribution in [1.82, 2.24) is 0 Å². The van der Waals surface area contributed by atoms with Gasteiger partial charge in [-0.1, -0.05) is 41.0 Å². The molecule has 0 fully saturated rings. The lowest BCUT2D eigenvalue weighted by Crippen LogP contribution is -1.67. The first-order chi connectivity index (χ1) is 3.65. The third kappa shape index (κ3) is 150. The number of hydrogen-bond acceptors (Lipinski definition) is 0. The highest BCUT2D eigenvalue weighted by molar-refractivity contribution is 4.45. The molecule has 0 aliphatic carbocycles. The lowest BCUT2D eigenvalue weighted by atomic mass is 10.3. The molecule has 0 aliphatic rings. The van der Waals surface area contributed by atoms with Crippen molar-refractivity contribution in [3.63, 3.8) is 0 Å². The van der Waals surface area contributed by atoms with Gasteiger partial charge >= 0.3 is 0 Å². The van der Waals surface area contributed by atoms with Crippen LogP contribution in [0.2, 0.25) is 0 Å². The molecule has 0 aromatic heterocycles. The maximum absolute atomic E-state index is 3.64. The summed E-state index contributed by atoms with van der Waals surface area (Å²) in [4.78, 5) is 0. The van der Waals surface area contributed by atoms with Crippen molar-refractivity contribution in [2.75, 3.05) is 0 Å². The molecule has 0 aromatic rings. The molecule has 0 N–H and O–H groups in total. The minimum absolute atomic E-state index is 0.583. The van der Waals surface area contributed by atoms with Crippen LogP contribution in [-0.4, -0.2) is 0 Å². The zero-order chi connectivity index (χ0) is 6.99. The summed E-state index contributed by atoms with van der Waals surface area (Å²) in [7, 11) is 0. The van der Waals surface area contributed by atoms with Crippen LogP contribution in [-0.2, 0) is 0 Å². The van der Waals surface area contributed by atoms with Crippen LogP contribution in [0.3, 0.4) is 0 Å². The fourth-order valence-corrected chi connectivity index (χ4v) is 0. The van der Waals surface area contributed by atoms with Crippen LogP contribution < -0.4 is 0 Å². The molecule has 2 radical (unpaired) electrons. The fraction of sp³-hybridized carbons (Fsp3) is 0.750. The van der Waals surface area contributed by atoms with Crippen LogP contribution in [0.1, 0.15) is 34.1 Å². The highest BCUT2D eigenvalue weighted by Gasteiger charge is 1.68. The molecule has 0 spiro atoms. The van der Waals surface area contributed by atoms with Gasteiger partial charge in [0, 0.05) is 0 Å². The average Bonchev–Trinajstić information content (AvgIpc) is 1.65. The molecule has 0 heterocycles. The van der Waals surface area contributed by atoms with E-state index in [0.29, 0.717) is 5.92 Å². The highest BCUT2D eigenvalue weighted by atomic mass is 13.7. The number of hydrogen-bond donors (Lipinski definition) is 0. The van der Waals surface area contributed by atoms with Crippen molar-refractivity contribution in [3.8, 4) is 0 Å². The van der Waals surface area contributed by atoms with E-state index in [0.717, 1.165) is 0 Å². The zero-order valence-corrected chi connectivity index (χ0v) is 6.57. The van der Waals surface area contributed by atoms with Crippen LogP contribution in [0, 0.1) is 19.3 Å². The Balaban J connectivity index is 0. The molecule has 0 nitrogen and oxygen atoms in total. The van der Waals surface area contributed by atoms with Gasteiger partial charge in [0.05, 0.1) is 0 Å². The zero-order valence-electron chi connectivity index (χ0n) is 6.57. The minimum atomic E-state index is 0.583. The molecule has 0 rings (SSSR count). The molecule has 0 heteroatoms. The number of rotatable bonds is 1. The first-order valence-corrected chi connectivity index (χ1v) is 3.26. The molecular formula is C8H18. The Morgan fingerprint density at radius 1 is 1.50 bits per heavy atom. The summed E-state index contributed by atoms with van der Waals surface area (Å²) in [5.74, 6) is 0.583. The Bertz CT molecular complexity index is 16.5. The Hall–Kier alpha value is 0. The monoisotopic (exact) mass is 114 g/mol. The molecule has 0 aromatic carbocycles. The molecule has 0 atom stereocenters. The summed E-state index contributed by atoms with van der Waals surface area (Å²) >= 11 is 0. The standard InChI is InChI=1S/2C4H9/c1-4(2)3;1-3-4-2/h4H,1H2,2-3H3;3H,4H2,1-2H3. The summed E-state index contributed by atoms with van der Waals surface area (Å²) in [6.07, 6.45) is 3.32. The van der Waals surface area contributed by atoms with E-state index in [1.54, 1.807) is 0 Å². The normalized spacial score (nSPS) is 8.25. The molecule has 0 saturated carbocycles. The van der Waals surface area contributed by atoms with Crippen molar-refractivity contribution in [2.45, 2.75) is 34.1 Å². The maximum Gasteiger partial charge on any atom is -0.0420 e. The maximum atomic E-state index is 3.64. The first kappa shape index (κ1) is 10.9. The van der Waals surface area contributed by atoms with Gasteiger partial charge in [-0.25, -0.2) is 0 Å². The molecule has 0 unspecified atom stereocenters. The molecular weight excluding hydrogens is 96.1 g/mol. The Morgan fingerprint density at radius 3 is 1.62 bits per heavy atom. The summed E-state index contributed by atoms with van der Waals surface area (Å²) in [5.41, 5.74) is 0. The van der Waals surface area contributed by atoms with E-state index in [1.807, 2.05) is 0 Å². The van der Waals surface area contributed by atoms with Gasteiger partial charge in [0.25, 0.3) is 0 Å². The van der Waals surface area contributed by atoms with E-state index in [1.165, 1.54) is 6.42 Å². The third-order valence-electron chi connectivity index (χ3n) is 0.408. The van der Waals surface area contributed by atoms with Gasteiger partial charge in [0.2, 0.25) is 0 Å². The van der Waals surface area contributed by atoms with Crippen LogP contribution in [0.4, 0.5) is 0 Å². The van der Waals surface area contributed by atoms with Crippen LogP contribution in [0.25, 0.3) is 0 Å². The SMILES string of the molecule is C[CH]CC.[CH2]C(C)C. The highest BCUT2D eigenvalue weighted by Crippen LogP contribution is 1.80. The molecule has 8 heavy (non-hydrogen) atoms. The lowest BCUT2D eigenvalue weighted by molar-refractivity contribution is 0.827. The Morgan fingerprint density at radius 2 is 1.62 bits per heavy atom. The molecule has 0 aliphatic heterocycles. The van der Waals surface area contributed by atoms with Gasteiger partial charge in [-0.05, 0) is 12.3 Å². The van der Waals surface area contributed by atoms with Gasteiger partial charge in [0.1, 0.15) is 0 Å². The van der Waals surface area contributed by atoms with Gasteiger partial charge < -0.3 is 0 Å². The van der Waals surface area contributed by atoms with E-state index in [-0.39, 0.29) is 0 Å². The van der Waals surface area contributed by atoms with Crippen LogP contribution >= 0.6 is 0 Å². The number of unbranched alkanes of at least 4 members (excludes halogenated alkanes) is 1. The smallest absolute Gasteiger partial charge is 0.0420 e. The van der Waals surface area contributed by atoms with Crippen molar-refractivity contribution < 1.29 is 0 Å². The minimum Gasteiger partial charge on any atom is -0.0651 e. The second-order valence-corrected chi connectivity index (χ2v) is 2.21. The van der Waals surface area contributed by atoms with Crippen molar-refractivity contribution in [3.05, 3.63) is 13.3 Å². The van der Waals surface area contributed by atoms with Gasteiger partial charge in [-0.15, -0.1) is 0 Å². The first-order valence-electron chi connectivity index (χ1n) is 3.26. The summed E-state index contributed by atoms with van der Waals surface area (Å²) < 4.78 is 0. The lowest BCUT2D eigenvalue weighted by Gasteiger charge is -1.78. The summed E-state index contributed by atoms with van der Waals surface area (Å²) in [5, 5.41) is 0. The quantitative estimate of drug-likeness (QED) is 0.491. The van der Waals surface area contributed by atoms with Crippen LogP contribution in [0.15, 0.2) is 0 Å². The molecule has 0 amide bonds. The third-order valence-corrected chi connectivity index (χ3v) is 0.408. The van der Waals surface area contributed by atoms with Crippen molar-refractivity contribution in [2.24, 2.45) is 5.92 Å². The predicted molar refractivity (Wildman–Crippen MR) is 40.5 cm³/mol. The van der Waals surface area contributed by atoms with E-state index < -0.39 is 0 Å². The van der Waals surface area contributed by atoms with E-state index in [2.05, 4.69) is 41.0 Å². The summed E-state index contributed by atoms with van der Waals surface area (Å²) in [6.45, 7) is 11.9. The Labute approximate surface area is 54.3 Å². The van der Waals surface area contributed by atoms with E-state index in [9.17, 15) is 0 Å². The fourth-order valence-electron chi connectivity index (χ4n) is 0. The topological polar surface area (TPSA) is 0 Å². The second-order valence-electron chi connectivity index (χ2n) is 2.21. The molecule has 0 saturated heterocycles. The predicted octanol–water partition coefficient (Wildman–Crippen LogP) is 3.10. The second kappa shape index (κ2) is 10.1. The molecule has 50 valence electrons. The van der Waals surface area contributed by atoms with Crippen LogP contribution in [0.5, 0.6) is 0 Å². The Kier molecular flexibility index (Phi) is 13.7. The van der Waals surface area contributed by atoms with Crippen molar-refractivity contribution >= 4 is 0 Å². The van der Waals surface area contributed by atoms with E-state index >= 15 is 0 Å². The van der Waals surface area contributed by atoms with Gasteiger partial charge in [-0.3, -0.25) is 0 Å². The van der Waals surface area contributed by atoms with Gasteiger partial charge in [0.15, 0.2) is 0 Å². The van der Waals surface area contributed by atoms with Crippen molar-refractivity contribution in [1.29, 1.82) is 0 Å².